The molecule has 4 aromatic rings. The lowest BCUT2D eigenvalue weighted by Crippen LogP contribution is -1.97. The average Bonchev–Trinajstić information content (AvgIpc) is 3.09. The molecule has 0 radical (unpaired) electrons. The fourth-order valence-electron chi connectivity index (χ4n) is 2.40. The van der Waals surface area contributed by atoms with Crippen LogP contribution in [-0.2, 0) is 6.61 Å². The van der Waals surface area contributed by atoms with Crippen LogP contribution in [0.3, 0.4) is 0 Å². The molecule has 0 aliphatic rings. The third kappa shape index (κ3) is 3.28. The van der Waals surface area contributed by atoms with E-state index in [1.807, 2.05) is 37.3 Å². The number of aryl methyl sites for hydroxylation is 1. The summed E-state index contributed by atoms with van der Waals surface area (Å²) in [6, 6.07) is 16.2. The van der Waals surface area contributed by atoms with Gasteiger partial charge in [0.2, 0.25) is 5.89 Å². The Morgan fingerprint density at radius 1 is 0.960 bits per heavy atom. The summed E-state index contributed by atoms with van der Waals surface area (Å²) in [5.74, 6) is 1.37. The molecule has 2 aromatic carbocycles. The second kappa shape index (κ2) is 6.24. The van der Waals surface area contributed by atoms with Gasteiger partial charge in [-0.15, -0.1) is 10.2 Å². The molecule has 6 heteroatoms. The largest absolute Gasteiger partial charge is 0.484 e. The lowest BCUT2D eigenvalue weighted by molar-refractivity contribution is 0.264. The first-order valence-corrected chi connectivity index (χ1v) is 7.73. The van der Waals surface area contributed by atoms with Crippen molar-refractivity contribution in [1.82, 2.24) is 10.2 Å². The Labute approximate surface area is 142 Å². The molecule has 0 aliphatic heterocycles. The van der Waals surface area contributed by atoms with Crippen LogP contribution in [-0.4, -0.2) is 10.2 Å². The summed E-state index contributed by atoms with van der Waals surface area (Å²) < 4.78 is 16.4. The van der Waals surface area contributed by atoms with Crippen molar-refractivity contribution in [3.8, 4) is 17.2 Å². The summed E-state index contributed by atoms with van der Waals surface area (Å²) in [4.78, 5) is 11.3. The van der Waals surface area contributed by atoms with Crippen LogP contribution >= 0.6 is 0 Å². The lowest BCUT2D eigenvalue weighted by Gasteiger charge is -2.04. The van der Waals surface area contributed by atoms with Gasteiger partial charge in [0, 0.05) is 23.1 Å². The van der Waals surface area contributed by atoms with Crippen molar-refractivity contribution in [2.24, 2.45) is 0 Å². The number of hydrogen-bond acceptors (Lipinski definition) is 6. The highest BCUT2D eigenvalue weighted by Gasteiger charge is 2.09. The van der Waals surface area contributed by atoms with Gasteiger partial charge in [0.25, 0.3) is 5.89 Å². The zero-order chi connectivity index (χ0) is 17.2. The predicted octanol–water partition coefficient (Wildman–Crippen LogP) is 3.73. The maximum atomic E-state index is 11.3. The number of benzene rings is 2. The zero-order valence-corrected chi connectivity index (χ0v) is 13.4. The first-order valence-electron chi connectivity index (χ1n) is 7.73. The van der Waals surface area contributed by atoms with Gasteiger partial charge in [0.05, 0.1) is 0 Å². The van der Waals surface area contributed by atoms with Crippen molar-refractivity contribution in [2.45, 2.75) is 13.5 Å². The van der Waals surface area contributed by atoms with Gasteiger partial charge in [-0.1, -0.05) is 17.7 Å². The van der Waals surface area contributed by atoms with Crippen LogP contribution in [0.5, 0.6) is 5.75 Å². The fourth-order valence-corrected chi connectivity index (χ4v) is 2.40. The molecule has 0 spiro atoms. The number of ether oxygens (including phenoxy) is 1. The topological polar surface area (TPSA) is 78.4 Å². The highest BCUT2D eigenvalue weighted by molar-refractivity contribution is 5.77. The molecule has 0 amide bonds. The Morgan fingerprint density at radius 3 is 2.60 bits per heavy atom. The molecule has 0 N–H and O–H groups in total. The molecule has 0 bridgehead atoms. The smallest absolute Gasteiger partial charge is 0.336 e. The van der Waals surface area contributed by atoms with Gasteiger partial charge in [0.1, 0.15) is 11.3 Å². The van der Waals surface area contributed by atoms with Gasteiger partial charge in [-0.2, -0.15) is 0 Å². The molecular formula is C19H14N2O4. The monoisotopic (exact) mass is 334 g/mol. The van der Waals surface area contributed by atoms with Crippen LogP contribution in [0.25, 0.3) is 22.4 Å². The fraction of sp³-hybridized carbons (Fsp3) is 0.105. The first-order chi connectivity index (χ1) is 12.2. The van der Waals surface area contributed by atoms with Crippen molar-refractivity contribution in [1.29, 1.82) is 0 Å². The van der Waals surface area contributed by atoms with E-state index in [0.717, 1.165) is 16.5 Å². The lowest BCUT2D eigenvalue weighted by atomic mass is 10.1. The van der Waals surface area contributed by atoms with E-state index < -0.39 is 5.63 Å². The van der Waals surface area contributed by atoms with E-state index in [4.69, 9.17) is 13.6 Å². The molecular weight excluding hydrogens is 320 g/mol. The van der Waals surface area contributed by atoms with Crippen LogP contribution in [0.2, 0.25) is 0 Å². The maximum Gasteiger partial charge on any atom is 0.336 e. The number of fused-ring (bicyclic) bond motifs is 1. The molecule has 0 saturated carbocycles. The molecule has 6 nitrogen and oxygen atoms in total. The van der Waals surface area contributed by atoms with Crippen LogP contribution in [0.4, 0.5) is 0 Å². The maximum absolute atomic E-state index is 11.3. The molecule has 2 heterocycles. The number of rotatable bonds is 4. The molecule has 0 unspecified atom stereocenters. The van der Waals surface area contributed by atoms with Crippen molar-refractivity contribution < 1.29 is 13.6 Å². The SMILES string of the molecule is Cc1ccc(-c2nnc(COc3ccc4ccc(=O)oc4c3)o2)cc1. The minimum absolute atomic E-state index is 0.126. The third-order valence-corrected chi connectivity index (χ3v) is 3.72. The van der Waals surface area contributed by atoms with Crippen LogP contribution in [0.15, 0.2) is 68.2 Å². The standard InChI is InChI=1S/C19H14N2O4/c1-12-2-4-14(5-3-12)19-21-20-17(25-19)11-23-15-8-6-13-7-9-18(22)24-16(13)10-15/h2-10H,11H2,1H3. The second-order valence-corrected chi connectivity index (χ2v) is 5.61. The summed E-state index contributed by atoms with van der Waals surface area (Å²) >= 11 is 0. The Kier molecular flexibility index (Phi) is 3.78. The molecule has 0 atom stereocenters. The third-order valence-electron chi connectivity index (χ3n) is 3.72. The van der Waals surface area contributed by atoms with Crippen molar-refractivity contribution in [3.63, 3.8) is 0 Å². The molecule has 2 aromatic heterocycles. The Morgan fingerprint density at radius 2 is 1.76 bits per heavy atom. The molecule has 0 saturated heterocycles. The summed E-state index contributed by atoms with van der Waals surface area (Å²) in [5, 5.41) is 8.85. The highest BCUT2D eigenvalue weighted by atomic mass is 16.5. The molecule has 4 rings (SSSR count). The van der Waals surface area contributed by atoms with Gasteiger partial charge >= 0.3 is 5.63 Å². The molecule has 0 fully saturated rings. The van der Waals surface area contributed by atoms with E-state index in [1.54, 1.807) is 18.2 Å². The summed E-state index contributed by atoms with van der Waals surface area (Å²) in [5.41, 5.74) is 2.09. The van der Waals surface area contributed by atoms with Gasteiger partial charge in [-0.25, -0.2) is 4.79 Å². The van der Waals surface area contributed by atoms with E-state index in [2.05, 4.69) is 10.2 Å². The Bertz CT molecular complexity index is 1080. The average molecular weight is 334 g/mol. The van der Waals surface area contributed by atoms with Crippen molar-refractivity contribution >= 4 is 11.0 Å². The second-order valence-electron chi connectivity index (χ2n) is 5.61. The van der Waals surface area contributed by atoms with Gasteiger partial charge in [-0.3, -0.25) is 0 Å². The summed E-state index contributed by atoms with van der Waals surface area (Å²) in [6.07, 6.45) is 0. The zero-order valence-electron chi connectivity index (χ0n) is 13.4. The minimum atomic E-state index is -0.399. The van der Waals surface area contributed by atoms with E-state index in [-0.39, 0.29) is 6.61 Å². The first kappa shape index (κ1) is 15.1. The van der Waals surface area contributed by atoms with E-state index in [1.165, 1.54) is 6.07 Å². The van der Waals surface area contributed by atoms with Crippen molar-refractivity contribution in [2.75, 3.05) is 0 Å². The van der Waals surface area contributed by atoms with E-state index >= 15 is 0 Å². The highest BCUT2D eigenvalue weighted by Crippen LogP contribution is 2.22. The number of nitrogens with zero attached hydrogens (tertiary/aromatic N) is 2. The predicted molar refractivity (Wildman–Crippen MR) is 91.3 cm³/mol. The molecule has 0 aliphatic carbocycles. The quantitative estimate of drug-likeness (QED) is 0.529. The molecule has 25 heavy (non-hydrogen) atoms. The Balaban J connectivity index is 1.50. The number of hydrogen-bond donors (Lipinski definition) is 0. The normalized spacial score (nSPS) is 10.9. The van der Waals surface area contributed by atoms with Crippen LogP contribution in [0, 0.1) is 6.92 Å². The van der Waals surface area contributed by atoms with Gasteiger partial charge in [0.15, 0.2) is 6.61 Å². The molecule has 124 valence electrons. The Hall–Kier alpha value is -3.41. The van der Waals surface area contributed by atoms with Gasteiger partial charge in [-0.05, 0) is 37.3 Å². The van der Waals surface area contributed by atoms with E-state index in [9.17, 15) is 4.79 Å². The minimum Gasteiger partial charge on any atom is -0.484 e. The summed E-state index contributed by atoms with van der Waals surface area (Å²) in [7, 11) is 0. The number of aromatic nitrogens is 2. The van der Waals surface area contributed by atoms with E-state index in [0.29, 0.717) is 23.1 Å². The van der Waals surface area contributed by atoms with Gasteiger partial charge < -0.3 is 13.6 Å². The van der Waals surface area contributed by atoms with Crippen LogP contribution < -0.4 is 10.4 Å². The van der Waals surface area contributed by atoms with Crippen LogP contribution in [0.1, 0.15) is 11.5 Å². The summed E-state index contributed by atoms with van der Waals surface area (Å²) in [6.45, 7) is 2.14. The van der Waals surface area contributed by atoms with Crippen molar-refractivity contribution in [3.05, 3.63) is 76.5 Å².